The lowest BCUT2D eigenvalue weighted by Gasteiger charge is -2.22. The molecule has 0 aromatic rings. The number of hydrogen-bond donors (Lipinski definition) is 0. The fraction of sp³-hybridized carbons (Fsp3) is 0.923. The van der Waals surface area contributed by atoms with Crippen molar-refractivity contribution in [1.82, 2.24) is 4.90 Å². The third kappa shape index (κ3) is 4.44. The number of rotatable bonds is 8. The number of nitrogens with zero attached hydrogens (tertiary/aromatic N) is 1. The van der Waals surface area contributed by atoms with Crippen LogP contribution in [0.1, 0.15) is 44.9 Å². The van der Waals surface area contributed by atoms with Gasteiger partial charge in [-0.3, -0.25) is 4.79 Å². The standard InChI is InChI=1S/C13H22BrNO/c14-8-2-1-3-13(16)15(9-11-4-5-11)10-12-6-7-12/h11-12H,1-10H2. The highest BCUT2D eigenvalue weighted by atomic mass is 79.9. The second-order valence-corrected chi connectivity index (χ2v) is 6.12. The van der Waals surface area contributed by atoms with Crippen LogP contribution in [0, 0.1) is 11.8 Å². The Morgan fingerprint density at radius 1 is 1.06 bits per heavy atom. The molecule has 3 heteroatoms. The molecule has 1 amide bonds. The Labute approximate surface area is 107 Å². The minimum atomic E-state index is 0.403. The van der Waals surface area contributed by atoms with Crippen LogP contribution in [0.15, 0.2) is 0 Å². The van der Waals surface area contributed by atoms with Gasteiger partial charge in [0.25, 0.3) is 0 Å². The number of hydrogen-bond acceptors (Lipinski definition) is 1. The van der Waals surface area contributed by atoms with Crippen LogP contribution in [0.3, 0.4) is 0 Å². The summed E-state index contributed by atoms with van der Waals surface area (Å²) in [5.74, 6) is 2.07. The van der Waals surface area contributed by atoms with Gasteiger partial charge in [-0.15, -0.1) is 0 Å². The third-order valence-electron chi connectivity index (χ3n) is 3.48. The molecule has 2 nitrogen and oxygen atoms in total. The Bertz CT molecular complexity index is 222. The zero-order valence-corrected chi connectivity index (χ0v) is 11.5. The summed E-state index contributed by atoms with van der Waals surface area (Å²) in [6, 6.07) is 0. The highest BCUT2D eigenvalue weighted by Crippen LogP contribution is 2.34. The van der Waals surface area contributed by atoms with E-state index in [2.05, 4.69) is 20.8 Å². The molecule has 0 atom stereocenters. The number of carbonyl (C=O) groups is 1. The molecular weight excluding hydrogens is 266 g/mol. The van der Waals surface area contributed by atoms with E-state index < -0.39 is 0 Å². The summed E-state index contributed by atoms with van der Waals surface area (Å²) in [5, 5.41) is 1.02. The van der Waals surface area contributed by atoms with Crippen LogP contribution in [-0.2, 0) is 4.79 Å². The van der Waals surface area contributed by atoms with Gasteiger partial charge in [-0.2, -0.15) is 0 Å². The molecule has 0 unspecified atom stereocenters. The van der Waals surface area contributed by atoms with Crippen LogP contribution < -0.4 is 0 Å². The fourth-order valence-corrected chi connectivity index (χ4v) is 2.43. The van der Waals surface area contributed by atoms with Crippen molar-refractivity contribution in [2.45, 2.75) is 44.9 Å². The molecule has 0 aromatic carbocycles. The minimum absolute atomic E-state index is 0.403. The van der Waals surface area contributed by atoms with Crippen molar-refractivity contribution in [1.29, 1.82) is 0 Å². The maximum atomic E-state index is 12.1. The quantitative estimate of drug-likeness (QED) is 0.496. The van der Waals surface area contributed by atoms with Crippen LogP contribution in [0.2, 0.25) is 0 Å². The van der Waals surface area contributed by atoms with Crippen molar-refractivity contribution in [3.63, 3.8) is 0 Å². The van der Waals surface area contributed by atoms with Gasteiger partial charge in [-0.25, -0.2) is 0 Å². The van der Waals surface area contributed by atoms with Gasteiger partial charge in [0.05, 0.1) is 0 Å². The smallest absolute Gasteiger partial charge is 0.222 e. The lowest BCUT2D eigenvalue weighted by molar-refractivity contribution is -0.131. The van der Waals surface area contributed by atoms with Crippen molar-refractivity contribution < 1.29 is 4.79 Å². The molecule has 0 N–H and O–H groups in total. The number of unbranched alkanes of at least 4 members (excludes halogenated alkanes) is 1. The topological polar surface area (TPSA) is 20.3 Å². The van der Waals surface area contributed by atoms with Gasteiger partial charge < -0.3 is 4.90 Å². The minimum Gasteiger partial charge on any atom is -0.342 e. The molecule has 0 saturated heterocycles. The summed E-state index contributed by atoms with van der Waals surface area (Å²) in [7, 11) is 0. The maximum absolute atomic E-state index is 12.1. The van der Waals surface area contributed by atoms with Crippen LogP contribution in [0.5, 0.6) is 0 Å². The van der Waals surface area contributed by atoms with Gasteiger partial charge in [0, 0.05) is 24.8 Å². The summed E-state index contributed by atoms with van der Waals surface area (Å²) in [6.07, 6.45) is 8.28. The molecule has 0 aliphatic heterocycles. The van der Waals surface area contributed by atoms with Crippen LogP contribution in [0.4, 0.5) is 0 Å². The predicted molar refractivity (Wildman–Crippen MR) is 69.7 cm³/mol. The molecule has 2 aliphatic carbocycles. The normalized spacial score (nSPS) is 19.8. The van der Waals surface area contributed by atoms with E-state index in [4.69, 9.17) is 0 Å². The van der Waals surface area contributed by atoms with E-state index in [0.717, 1.165) is 49.5 Å². The first kappa shape index (κ1) is 12.4. The van der Waals surface area contributed by atoms with E-state index in [1.165, 1.54) is 25.7 Å². The largest absolute Gasteiger partial charge is 0.342 e. The van der Waals surface area contributed by atoms with Crippen LogP contribution in [0.25, 0.3) is 0 Å². The monoisotopic (exact) mass is 287 g/mol. The number of carbonyl (C=O) groups excluding carboxylic acids is 1. The lowest BCUT2D eigenvalue weighted by atomic mass is 10.2. The maximum Gasteiger partial charge on any atom is 0.222 e. The highest BCUT2D eigenvalue weighted by molar-refractivity contribution is 9.09. The second kappa shape index (κ2) is 6.04. The first-order valence-corrected chi connectivity index (χ1v) is 7.75. The van der Waals surface area contributed by atoms with Crippen molar-refractivity contribution in [2.24, 2.45) is 11.8 Å². The lowest BCUT2D eigenvalue weighted by Crippen LogP contribution is -2.34. The van der Waals surface area contributed by atoms with E-state index in [9.17, 15) is 4.79 Å². The van der Waals surface area contributed by atoms with E-state index >= 15 is 0 Å². The van der Waals surface area contributed by atoms with Crippen molar-refractivity contribution in [3.05, 3.63) is 0 Å². The molecule has 0 heterocycles. The van der Waals surface area contributed by atoms with Gasteiger partial charge >= 0.3 is 0 Å². The third-order valence-corrected chi connectivity index (χ3v) is 4.04. The van der Waals surface area contributed by atoms with E-state index in [1.807, 2.05) is 0 Å². The van der Waals surface area contributed by atoms with Crippen LogP contribution in [-0.4, -0.2) is 29.2 Å². The van der Waals surface area contributed by atoms with Gasteiger partial charge in [0.1, 0.15) is 0 Å². The van der Waals surface area contributed by atoms with E-state index in [1.54, 1.807) is 0 Å². The van der Waals surface area contributed by atoms with E-state index in [-0.39, 0.29) is 0 Å². The molecule has 92 valence electrons. The fourth-order valence-electron chi connectivity index (χ4n) is 2.03. The van der Waals surface area contributed by atoms with Crippen molar-refractivity contribution in [3.8, 4) is 0 Å². The molecule has 2 aliphatic rings. The Hall–Kier alpha value is -0.0500. The van der Waals surface area contributed by atoms with Crippen molar-refractivity contribution in [2.75, 3.05) is 18.4 Å². The molecule has 0 bridgehead atoms. The first-order chi connectivity index (χ1) is 7.79. The Morgan fingerprint density at radius 2 is 1.62 bits per heavy atom. The molecule has 2 fully saturated rings. The molecule has 2 rings (SSSR count). The molecular formula is C13H22BrNO. The molecule has 0 aromatic heterocycles. The van der Waals surface area contributed by atoms with E-state index in [0.29, 0.717) is 5.91 Å². The number of halogens is 1. The van der Waals surface area contributed by atoms with Gasteiger partial charge in [0.15, 0.2) is 0 Å². The summed E-state index contributed by atoms with van der Waals surface area (Å²) in [5.41, 5.74) is 0. The molecule has 2 saturated carbocycles. The predicted octanol–water partition coefficient (Wildman–Crippen LogP) is 3.20. The highest BCUT2D eigenvalue weighted by Gasteiger charge is 2.30. The Kier molecular flexibility index (Phi) is 4.68. The van der Waals surface area contributed by atoms with Crippen molar-refractivity contribution >= 4 is 21.8 Å². The average molecular weight is 288 g/mol. The van der Waals surface area contributed by atoms with Gasteiger partial charge in [-0.05, 0) is 50.4 Å². The number of amides is 1. The average Bonchev–Trinajstić information content (AvgIpc) is 3.11. The molecule has 16 heavy (non-hydrogen) atoms. The summed E-state index contributed by atoms with van der Waals surface area (Å²) in [6.45, 7) is 2.09. The first-order valence-electron chi connectivity index (χ1n) is 6.63. The molecule has 0 radical (unpaired) electrons. The summed E-state index contributed by atoms with van der Waals surface area (Å²) >= 11 is 3.41. The van der Waals surface area contributed by atoms with Gasteiger partial charge in [-0.1, -0.05) is 15.9 Å². The summed E-state index contributed by atoms with van der Waals surface area (Å²) < 4.78 is 0. The zero-order chi connectivity index (χ0) is 11.4. The van der Waals surface area contributed by atoms with Crippen LogP contribution >= 0.6 is 15.9 Å². The zero-order valence-electron chi connectivity index (χ0n) is 9.96. The summed E-state index contributed by atoms with van der Waals surface area (Å²) in [4.78, 5) is 14.2. The Balaban J connectivity index is 1.71. The van der Waals surface area contributed by atoms with Gasteiger partial charge in [0.2, 0.25) is 5.91 Å². The Morgan fingerprint density at radius 3 is 2.06 bits per heavy atom. The second-order valence-electron chi connectivity index (χ2n) is 5.33. The SMILES string of the molecule is O=C(CCCCBr)N(CC1CC1)CC1CC1. The number of alkyl halides is 1. The molecule has 0 spiro atoms.